The highest BCUT2D eigenvalue weighted by Crippen LogP contribution is 2.00. The third-order valence-electron chi connectivity index (χ3n) is 4.05. The highest BCUT2D eigenvalue weighted by atomic mass is 16.4. The average molecular weight is 456 g/mol. The summed E-state index contributed by atoms with van der Waals surface area (Å²) >= 11 is 0. The predicted molar refractivity (Wildman–Crippen MR) is 104 cm³/mol. The first-order chi connectivity index (χ1) is 15.0. The third kappa shape index (κ3) is 9.66. The van der Waals surface area contributed by atoms with Gasteiger partial charge in [-0.3, -0.25) is 24.0 Å². The summed E-state index contributed by atoms with van der Waals surface area (Å²) in [7, 11) is 0. The van der Waals surface area contributed by atoms with Crippen LogP contribution in [0.4, 0.5) is 0 Å². The number of carbonyl (C=O) groups is 6. The zero-order valence-corrected chi connectivity index (χ0v) is 16.7. The van der Waals surface area contributed by atoms with Gasteiger partial charge in [0.1, 0.15) is 12.1 Å². The van der Waals surface area contributed by atoms with Crippen LogP contribution in [0.15, 0.2) is 12.5 Å². The summed E-state index contributed by atoms with van der Waals surface area (Å²) in [5.74, 6) is -6.79. The molecule has 176 valence electrons. The number of H-pyrrole nitrogens is 1. The number of imidazole rings is 1. The zero-order chi connectivity index (χ0) is 24.3. The maximum atomic E-state index is 12.2. The van der Waals surface area contributed by atoms with E-state index in [-0.39, 0.29) is 12.8 Å². The van der Waals surface area contributed by atoms with Gasteiger partial charge in [-0.1, -0.05) is 0 Å². The summed E-state index contributed by atoms with van der Waals surface area (Å²) in [5, 5.41) is 33.2. The summed E-state index contributed by atoms with van der Waals surface area (Å²) < 4.78 is 0. The van der Waals surface area contributed by atoms with Crippen molar-refractivity contribution >= 4 is 35.6 Å². The van der Waals surface area contributed by atoms with Gasteiger partial charge in [0, 0.05) is 24.7 Å². The Morgan fingerprint density at radius 3 is 2.22 bits per heavy atom. The van der Waals surface area contributed by atoms with Gasteiger partial charge in [0.05, 0.1) is 25.3 Å². The lowest BCUT2D eigenvalue weighted by atomic mass is 10.1. The topological polar surface area (TPSA) is 254 Å². The Hall–Kier alpha value is -4.01. The molecular weight excluding hydrogens is 432 g/mol. The van der Waals surface area contributed by atoms with Crippen LogP contribution in [-0.2, 0) is 35.2 Å². The van der Waals surface area contributed by atoms with Crippen LogP contribution in [0.3, 0.4) is 0 Å². The Morgan fingerprint density at radius 1 is 1.00 bits per heavy atom. The number of hydrogen-bond acceptors (Lipinski definition) is 8. The molecule has 1 aromatic heterocycles. The molecule has 15 nitrogen and oxygen atoms in total. The van der Waals surface area contributed by atoms with E-state index in [2.05, 4.69) is 25.9 Å². The average Bonchev–Trinajstić information content (AvgIpc) is 3.21. The summed E-state index contributed by atoms with van der Waals surface area (Å²) in [5.41, 5.74) is 5.97. The number of rotatable bonds is 14. The van der Waals surface area contributed by atoms with Crippen molar-refractivity contribution in [3.05, 3.63) is 18.2 Å². The smallest absolute Gasteiger partial charge is 0.326 e. The minimum absolute atomic E-state index is 0.0963. The first-order valence-electron chi connectivity index (χ1n) is 9.26. The Bertz CT molecular complexity index is 842. The standard InChI is InChI=1S/C17H24N6O9/c18-9(1-2-13(25)26)15(29)23-10(4-14(27)28)16(30)20-6-12(24)22-11(17(31)32)3-8-5-19-7-21-8/h5,7,9-11H,1-4,6,18H2,(H,19,21)(H,20,30)(H,22,24)(H,23,29)(H,25,26)(H,27,28)(H,31,32). The lowest BCUT2D eigenvalue weighted by Crippen LogP contribution is -2.54. The van der Waals surface area contributed by atoms with Crippen molar-refractivity contribution in [1.29, 1.82) is 0 Å². The molecule has 3 atom stereocenters. The van der Waals surface area contributed by atoms with E-state index in [0.29, 0.717) is 5.69 Å². The Labute approximate surface area is 180 Å². The van der Waals surface area contributed by atoms with Crippen LogP contribution in [0, 0.1) is 0 Å². The van der Waals surface area contributed by atoms with Crippen molar-refractivity contribution in [3.8, 4) is 0 Å². The lowest BCUT2D eigenvalue weighted by Gasteiger charge is -2.19. The molecule has 0 bridgehead atoms. The van der Waals surface area contributed by atoms with E-state index >= 15 is 0 Å². The van der Waals surface area contributed by atoms with Crippen molar-refractivity contribution < 1.29 is 44.1 Å². The van der Waals surface area contributed by atoms with Crippen molar-refractivity contribution in [2.75, 3.05) is 6.54 Å². The molecule has 0 spiro atoms. The largest absolute Gasteiger partial charge is 0.481 e. The number of amides is 3. The second-order valence-electron chi connectivity index (χ2n) is 6.66. The molecule has 3 unspecified atom stereocenters. The molecule has 0 aliphatic heterocycles. The van der Waals surface area contributed by atoms with E-state index in [1.807, 2.05) is 0 Å². The van der Waals surface area contributed by atoms with E-state index < -0.39 is 73.1 Å². The fourth-order valence-electron chi connectivity index (χ4n) is 2.42. The second-order valence-corrected chi connectivity index (χ2v) is 6.66. The second kappa shape index (κ2) is 12.6. The first-order valence-corrected chi connectivity index (χ1v) is 9.26. The maximum absolute atomic E-state index is 12.2. The molecule has 0 saturated heterocycles. The van der Waals surface area contributed by atoms with Crippen LogP contribution in [-0.4, -0.2) is 85.6 Å². The minimum atomic E-state index is -1.59. The molecule has 0 aromatic carbocycles. The van der Waals surface area contributed by atoms with Gasteiger partial charge < -0.3 is 42.0 Å². The van der Waals surface area contributed by atoms with Gasteiger partial charge in [-0.15, -0.1) is 0 Å². The maximum Gasteiger partial charge on any atom is 0.326 e. The fraction of sp³-hybridized carbons (Fsp3) is 0.471. The summed E-state index contributed by atoms with van der Waals surface area (Å²) in [4.78, 5) is 75.6. The quantitative estimate of drug-likeness (QED) is 0.138. The van der Waals surface area contributed by atoms with Gasteiger partial charge in [-0.25, -0.2) is 9.78 Å². The fourth-order valence-corrected chi connectivity index (χ4v) is 2.42. The van der Waals surface area contributed by atoms with E-state index in [9.17, 15) is 33.9 Å². The van der Waals surface area contributed by atoms with Gasteiger partial charge >= 0.3 is 17.9 Å². The van der Waals surface area contributed by atoms with Gasteiger partial charge in [0.2, 0.25) is 17.7 Å². The Kier molecular flexibility index (Phi) is 10.3. The zero-order valence-electron chi connectivity index (χ0n) is 16.7. The van der Waals surface area contributed by atoms with Crippen molar-refractivity contribution in [1.82, 2.24) is 25.9 Å². The third-order valence-corrected chi connectivity index (χ3v) is 4.05. The van der Waals surface area contributed by atoms with Crippen molar-refractivity contribution in [2.24, 2.45) is 5.73 Å². The number of carboxylic acids is 3. The highest BCUT2D eigenvalue weighted by molar-refractivity contribution is 5.94. The van der Waals surface area contributed by atoms with E-state index in [0.717, 1.165) is 0 Å². The summed E-state index contributed by atoms with van der Waals surface area (Å²) in [6.45, 7) is -0.692. The van der Waals surface area contributed by atoms with Gasteiger partial charge in [-0.05, 0) is 6.42 Å². The molecule has 1 rings (SSSR count). The molecule has 1 aromatic rings. The van der Waals surface area contributed by atoms with Crippen LogP contribution in [0.1, 0.15) is 25.0 Å². The Morgan fingerprint density at radius 2 is 1.69 bits per heavy atom. The predicted octanol–water partition coefficient (Wildman–Crippen LogP) is -3.21. The summed E-state index contributed by atoms with van der Waals surface area (Å²) in [6, 6.07) is -4.21. The van der Waals surface area contributed by atoms with E-state index in [1.54, 1.807) is 0 Å². The normalized spacial score (nSPS) is 13.3. The number of carboxylic acid groups (broad SMARTS) is 3. The molecule has 3 amide bonds. The molecular formula is C17H24N6O9. The summed E-state index contributed by atoms with van der Waals surface area (Å²) in [6.07, 6.45) is 1.14. The number of nitrogens with two attached hydrogens (primary N) is 1. The van der Waals surface area contributed by atoms with Crippen molar-refractivity contribution in [2.45, 2.75) is 43.8 Å². The molecule has 0 saturated carbocycles. The molecule has 0 fully saturated rings. The highest BCUT2D eigenvalue weighted by Gasteiger charge is 2.27. The van der Waals surface area contributed by atoms with Gasteiger partial charge in [0.15, 0.2) is 0 Å². The van der Waals surface area contributed by atoms with Crippen LogP contribution in [0.2, 0.25) is 0 Å². The minimum Gasteiger partial charge on any atom is -0.481 e. The van der Waals surface area contributed by atoms with E-state index in [4.69, 9.17) is 15.9 Å². The van der Waals surface area contributed by atoms with Crippen LogP contribution in [0.5, 0.6) is 0 Å². The van der Waals surface area contributed by atoms with Crippen LogP contribution in [0.25, 0.3) is 0 Å². The van der Waals surface area contributed by atoms with Gasteiger partial charge in [0.25, 0.3) is 0 Å². The number of aromatic nitrogens is 2. The number of aliphatic carboxylic acids is 3. The van der Waals surface area contributed by atoms with Gasteiger partial charge in [-0.2, -0.15) is 0 Å². The van der Waals surface area contributed by atoms with E-state index in [1.165, 1.54) is 12.5 Å². The molecule has 9 N–H and O–H groups in total. The van der Waals surface area contributed by atoms with Crippen LogP contribution >= 0.6 is 0 Å². The Balaban J connectivity index is 2.63. The number of carbonyl (C=O) groups excluding carboxylic acids is 3. The first kappa shape index (κ1) is 26.0. The molecule has 0 aliphatic carbocycles. The molecule has 0 aliphatic rings. The monoisotopic (exact) mass is 456 g/mol. The molecule has 0 radical (unpaired) electrons. The number of aromatic amines is 1. The molecule has 15 heteroatoms. The molecule has 1 heterocycles. The van der Waals surface area contributed by atoms with Crippen molar-refractivity contribution in [3.63, 3.8) is 0 Å². The molecule has 32 heavy (non-hydrogen) atoms. The number of hydrogen-bond donors (Lipinski definition) is 8. The number of nitrogens with one attached hydrogen (secondary N) is 4. The number of nitrogens with zero attached hydrogens (tertiary/aromatic N) is 1. The SMILES string of the molecule is NC(CCC(=O)O)C(=O)NC(CC(=O)O)C(=O)NCC(=O)NC(Cc1cnc[nH]1)C(=O)O. The van der Waals surface area contributed by atoms with Crippen LogP contribution < -0.4 is 21.7 Å². The lowest BCUT2D eigenvalue weighted by molar-refractivity contribution is -0.142.